The van der Waals surface area contributed by atoms with Crippen molar-refractivity contribution in [1.29, 1.82) is 0 Å². The Hall–Kier alpha value is -2.91. The summed E-state index contributed by atoms with van der Waals surface area (Å²) in [5, 5.41) is 4.21. The number of thiazole rings is 1. The Bertz CT molecular complexity index is 1210. The molecule has 3 heteroatoms. The molecule has 1 aromatic carbocycles. The molecule has 0 saturated heterocycles. The molecule has 41 heavy (non-hydrogen) atoms. The van der Waals surface area contributed by atoms with Gasteiger partial charge in [-0.3, -0.25) is 0 Å². The molecule has 1 unspecified atom stereocenters. The number of rotatable bonds is 13. The maximum atomic E-state index is 4.77. The highest BCUT2D eigenvalue weighted by atomic mass is 32.1. The van der Waals surface area contributed by atoms with Crippen molar-refractivity contribution in [2.24, 2.45) is 5.92 Å². The second kappa shape index (κ2) is 19.3. The first kappa shape index (κ1) is 34.3. The van der Waals surface area contributed by atoms with E-state index >= 15 is 0 Å². The molecule has 2 aliphatic carbocycles. The van der Waals surface area contributed by atoms with Crippen molar-refractivity contribution in [3.63, 3.8) is 0 Å². The maximum Gasteiger partial charge on any atom is 0.183 e. The molecule has 1 heterocycles. The van der Waals surface area contributed by atoms with Gasteiger partial charge >= 0.3 is 0 Å². The van der Waals surface area contributed by atoms with E-state index in [4.69, 9.17) is 4.98 Å². The standard InChI is InChI=1S/C18H22N2S.C12H18.C8H14/c1-3-7-14-10-15(11-14)17-16(21-18(19-2)20-17)12-13-8-5-4-6-9-13;1-4-6-12-9-10(3)7-8-11(12)5-2;1-4-6-7-8(3)5-2/h3,5,8-10,14H,1,4,6-7,11-12H2,2H3,(H,19,20);7-9H,4-6H2,1-3H3;4H,1,3,5-7H2,2H3. The van der Waals surface area contributed by atoms with Gasteiger partial charge in [-0.05, 0) is 92.9 Å². The predicted octanol–water partition coefficient (Wildman–Crippen LogP) is 11.4. The van der Waals surface area contributed by atoms with Crippen LogP contribution in [0.15, 0.2) is 85.5 Å². The summed E-state index contributed by atoms with van der Waals surface area (Å²) >= 11 is 1.79. The van der Waals surface area contributed by atoms with Crippen LogP contribution in [0.5, 0.6) is 0 Å². The Labute approximate surface area is 255 Å². The number of benzene rings is 1. The predicted molar refractivity (Wildman–Crippen MR) is 186 cm³/mol. The van der Waals surface area contributed by atoms with Crippen LogP contribution in [0.4, 0.5) is 5.13 Å². The Morgan fingerprint density at radius 1 is 1.12 bits per heavy atom. The van der Waals surface area contributed by atoms with E-state index in [0.717, 1.165) is 50.1 Å². The van der Waals surface area contributed by atoms with Crippen LogP contribution in [0.2, 0.25) is 0 Å². The number of aromatic nitrogens is 1. The lowest BCUT2D eigenvalue weighted by molar-refractivity contribution is 0.637. The van der Waals surface area contributed by atoms with Crippen molar-refractivity contribution >= 4 is 22.0 Å². The molecule has 0 aliphatic heterocycles. The monoisotopic (exact) mass is 570 g/mol. The molecule has 0 amide bonds. The quantitative estimate of drug-likeness (QED) is 0.242. The Balaban J connectivity index is 0.000000249. The zero-order chi connectivity index (χ0) is 30.0. The first-order valence-corrected chi connectivity index (χ1v) is 16.4. The first-order valence-electron chi connectivity index (χ1n) is 15.6. The maximum absolute atomic E-state index is 4.77. The molecule has 4 rings (SSSR count). The minimum atomic E-state index is 0.666. The molecule has 2 aliphatic rings. The number of allylic oxidation sites excluding steroid dienone is 9. The van der Waals surface area contributed by atoms with Crippen LogP contribution in [0.1, 0.15) is 99.4 Å². The fourth-order valence-corrected chi connectivity index (χ4v) is 5.96. The van der Waals surface area contributed by atoms with Crippen LogP contribution >= 0.6 is 11.3 Å². The fraction of sp³-hybridized carbons (Fsp3) is 0.447. The highest BCUT2D eigenvalue weighted by Crippen LogP contribution is 2.40. The van der Waals surface area contributed by atoms with Crippen molar-refractivity contribution in [3.05, 3.63) is 113 Å². The van der Waals surface area contributed by atoms with Crippen molar-refractivity contribution in [2.75, 3.05) is 12.4 Å². The minimum absolute atomic E-state index is 0.666. The smallest absolute Gasteiger partial charge is 0.183 e. The summed E-state index contributed by atoms with van der Waals surface area (Å²) in [6.45, 7) is 20.1. The van der Waals surface area contributed by atoms with E-state index in [-0.39, 0.29) is 0 Å². The van der Waals surface area contributed by atoms with Gasteiger partial charge < -0.3 is 5.32 Å². The molecule has 222 valence electrons. The summed E-state index contributed by atoms with van der Waals surface area (Å²) in [5.41, 5.74) is 9.82. The van der Waals surface area contributed by atoms with Crippen LogP contribution in [0.3, 0.4) is 0 Å². The van der Waals surface area contributed by atoms with Gasteiger partial charge in [-0.25, -0.2) is 4.98 Å². The zero-order valence-corrected chi connectivity index (χ0v) is 27.3. The lowest BCUT2D eigenvalue weighted by Crippen LogP contribution is -2.10. The first-order chi connectivity index (χ1) is 19.9. The summed E-state index contributed by atoms with van der Waals surface area (Å²) < 4.78 is 0. The second-order valence-electron chi connectivity index (χ2n) is 11.0. The number of anilines is 1. The lowest BCUT2D eigenvalue weighted by Gasteiger charge is -2.24. The average molecular weight is 571 g/mol. The summed E-state index contributed by atoms with van der Waals surface area (Å²) in [4.78, 5) is 6.16. The van der Waals surface area contributed by atoms with E-state index in [9.17, 15) is 0 Å². The molecular weight excluding hydrogens is 516 g/mol. The third-order valence-corrected chi connectivity index (χ3v) is 8.58. The number of hydrogen-bond donors (Lipinski definition) is 1. The normalized spacial score (nSPS) is 15.2. The van der Waals surface area contributed by atoms with Gasteiger partial charge in [0.2, 0.25) is 0 Å². The van der Waals surface area contributed by atoms with Gasteiger partial charge in [0, 0.05) is 18.3 Å². The molecule has 1 aromatic heterocycles. The van der Waals surface area contributed by atoms with Gasteiger partial charge in [-0.2, -0.15) is 0 Å². The van der Waals surface area contributed by atoms with Crippen molar-refractivity contribution in [2.45, 2.75) is 98.3 Å². The molecule has 2 nitrogen and oxygen atoms in total. The molecule has 0 fully saturated rings. The van der Waals surface area contributed by atoms with E-state index in [1.807, 2.05) is 19.2 Å². The van der Waals surface area contributed by atoms with E-state index < -0.39 is 0 Å². The summed E-state index contributed by atoms with van der Waals surface area (Å²) in [7, 11) is 1.95. The van der Waals surface area contributed by atoms with Crippen molar-refractivity contribution < 1.29 is 0 Å². The minimum Gasteiger partial charge on any atom is -0.365 e. The number of aryl methyl sites for hydroxylation is 3. The molecule has 0 radical (unpaired) electrons. The van der Waals surface area contributed by atoms with Gasteiger partial charge in [0.05, 0.1) is 5.69 Å². The topological polar surface area (TPSA) is 24.9 Å². The molecule has 0 spiro atoms. The number of nitrogens with zero attached hydrogens (tertiary/aromatic N) is 1. The van der Waals surface area contributed by atoms with Gasteiger partial charge in [-0.1, -0.05) is 99.6 Å². The van der Waals surface area contributed by atoms with Crippen LogP contribution in [0.25, 0.3) is 5.57 Å². The average Bonchev–Trinajstić information content (AvgIpc) is 3.37. The van der Waals surface area contributed by atoms with Crippen LogP contribution in [0, 0.1) is 12.8 Å². The van der Waals surface area contributed by atoms with Crippen LogP contribution in [-0.4, -0.2) is 12.0 Å². The van der Waals surface area contributed by atoms with E-state index in [2.05, 4.69) is 95.3 Å². The molecule has 0 bridgehead atoms. The highest BCUT2D eigenvalue weighted by Gasteiger charge is 2.24. The second-order valence-corrected chi connectivity index (χ2v) is 12.0. The third-order valence-electron chi connectivity index (χ3n) is 7.50. The molecule has 1 N–H and O–H groups in total. The SMILES string of the molecule is C=CCC1C=C(c2nc(NC)sc2CC2=CCCC=C2)C1.C=CCCC(=C)CC.CCCc1cc(C)ccc1CC. The fourth-order valence-electron chi connectivity index (χ4n) is 4.97. The molecular formula is C38H54N2S. The van der Waals surface area contributed by atoms with Crippen molar-refractivity contribution in [3.8, 4) is 0 Å². The van der Waals surface area contributed by atoms with Gasteiger partial charge in [0.1, 0.15) is 0 Å². The Kier molecular flexibility index (Phi) is 16.1. The largest absolute Gasteiger partial charge is 0.365 e. The van der Waals surface area contributed by atoms with Crippen molar-refractivity contribution in [1.82, 2.24) is 4.98 Å². The highest BCUT2D eigenvalue weighted by molar-refractivity contribution is 7.15. The Morgan fingerprint density at radius 3 is 2.49 bits per heavy atom. The van der Waals surface area contributed by atoms with Gasteiger partial charge in [0.15, 0.2) is 5.13 Å². The summed E-state index contributed by atoms with van der Waals surface area (Å²) in [6, 6.07) is 6.79. The van der Waals surface area contributed by atoms with Crippen LogP contribution < -0.4 is 5.32 Å². The molecule has 0 saturated carbocycles. The Morgan fingerprint density at radius 2 is 1.90 bits per heavy atom. The third kappa shape index (κ3) is 11.8. The van der Waals surface area contributed by atoms with E-state index in [1.165, 1.54) is 64.1 Å². The molecule has 2 aromatic rings. The zero-order valence-electron chi connectivity index (χ0n) is 26.5. The summed E-state index contributed by atoms with van der Waals surface area (Å²) in [6.07, 6.45) is 25.7. The molecule has 1 atom stereocenters. The lowest BCUT2D eigenvalue weighted by atomic mass is 9.82. The van der Waals surface area contributed by atoms with E-state index in [1.54, 1.807) is 16.9 Å². The van der Waals surface area contributed by atoms with Gasteiger partial charge in [-0.15, -0.1) is 24.5 Å². The number of hydrogen-bond acceptors (Lipinski definition) is 3. The van der Waals surface area contributed by atoms with Crippen LogP contribution in [-0.2, 0) is 19.3 Å². The van der Waals surface area contributed by atoms with E-state index in [0.29, 0.717) is 5.92 Å². The summed E-state index contributed by atoms with van der Waals surface area (Å²) in [5.74, 6) is 0.666. The van der Waals surface area contributed by atoms with Gasteiger partial charge in [0.25, 0.3) is 0 Å². The number of nitrogens with one attached hydrogen (secondary N) is 1.